The minimum atomic E-state index is -4.41. The van der Waals surface area contributed by atoms with Crippen molar-refractivity contribution in [1.82, 2.24) is 4.98 Å². The largest absolute Gasteiger partial charge is 0.416 e. The number of aromatic nitrogens is 1. The minimum absolute atomic E-state index is 0.149. The summed E-state index contributed by atoms with van der Waals surface area (Å²) in [6.45, 7) is 1.59. The topological polar surface area (TPSA) is 33.2 Å². The Bertz CT molecular complexity index is 1080. The van der Waals surface area contributed by atoms with Crippen molar-refractivity contribution in [3.05, 3.63) is 77.5 Å². The van der Waals surface area contributed by atoms with Gasteiger partial charge in [-0.2, -0.15) is 13.2 Å². The maximum atomic E-state index is 13.3. The summed E-state index contributed by atoms with van der Waals surface area (Å²) in [5, 5.41) is 0.485. The number of ketones is 1. The van der Waals surface area contributed by atoms with E-state index in [-0.39, 0.29) is 5.78 Å². The van der Waals surface area contributed by atoms with Crippen molar-refractivity contribution in [3.63, 3.8) is 0 Å². The van der Waals surface area contributed by atoms with Crippen LogP contribution in [0.3, 0.4) is 0 Å². The molecule has 1 saturated heterocycles. The van der Waals surface area contributed by atoms with Crippen LogP contribution in [0.15, 0.2) is 60.7 Å². The van der Waals surface area contributed by atoms with Crippen LogP contribution < -0.4 is 4.90 Å². The van der Waals surface area contributed by atoms with Gasteiger partial charge in [-0.25, -0.2) is 4.98 Å². The van der Waals surface area contributed by atoms with Crippen LogP contribution in [0.25, 0.3) is 17.0 Å². The van der Waals surface area contributed by atoms with Gasteiger partial charge in [-0.15, -0.1) is 0 Å². The molecule has 0 atom stereocenters. The summed E-state index contributed by atoms with van der Waals surface area (Å²) in [4.78, 5) is 19.0. The standard InChI is InChI=1S/C24H21F3N2O/c25-24(26,27)18-9-11-21-20(15-18)22(29-13-5-2-6-14-29)16-19(28-21)10-12-23(30)17-7-3-1-4-8-17/h1,3-4,7-12,15-16H,2,5-6,13-14H2. The van der Waals surface area contributed by atoms with E-state index in [9.17, 15) is 18.0 Å². The lowest BCUT2D eigenvalue weighted by Crippen LogP contribution is -2.29. The average Bonchev–Trinajstić information content (AvgIpc) is 2.77. The third-order valence-electron chi connectivity index (χ3n) is 5.29. The molecule has 1 aliphatic heterocycles. The van der Waals surface area contributed by atoms with Crippen molar-refractivity contribution in [1.29, 1.82) is 0 Å². The number of anilines is 1. The van der Waals surface area contributed by atoms with E-state index in [0.29, 0.717) is 22.2 Å². The fourth-order valence-corrected chi connectivity index (χ4v) is 3.75. The molecule has 3 aromatic rings. The summed E-state index contributed by atoms with van der Waals surface area (Å²) in [5.41, 5.74) is 1.65. The molecule has 0 N–H and O–H groups in total. The Labute approximate surface area is 172 Å². The molecular formula is C24H21F3N2O. The van der Waals surface area contributed by atoms with Crippen LogP contribution in [-0.2, 0) is 6.18 Å². The lowest BCUT2D eigenvalue weighted by atomic mass is 10.0. The van der Waals surface area contributed by atoms with Crippen LogP contribution in [0.2, 0.25) is 0 Å². The number of allylic oxidation sites excluding steroid dienone is 1. The summed E-state index contributed by atoms with van der Waals surface area (Å²) >= 11 is 0. The molecule has 30 heavy (non-hydrogen) atoms. The lowest BCUT2D eigenvalue weighted by Gasteiger charge is -2.30. The molecule has 0 spiro atoms. The van der Waals surface area contributed by atoms with Gasteiger partial charge in [0.05, 0.1) is 16.8 Å². The fourth-order valence-electron chi connectivity index (χ4n) is 3.75. The highest BCUT2D eigenvalue weighted by Gasteiger charge is 2.31. The monoisotopic (exact) mass is 410 g/mol. The van der Waals surface area contributed by atoms with E-state index in [4.69, 9.17) is 0 Å². The second-order valence-corrected chi connectivity index (χ2v) is 7.41. The van der Waals surface area contributed by atoms with Gasteiger partial charge in [0, 0.05) is 29.7 Å². The number of carbonyl (C=O) groups excluding carboxylic acids is 1. The van der Waals surface area contributed by atoms with E-state index in [1.54, 1.807) is 36.4 Å². The maximum Gasteiger partial charge on any atom is 0.416 e. The minimum Gasteiger partial charge on any atom is -0.371 e. The first-order chi connectivity index (χ1) is 14.4. The Hall–Kier alpha value is -3.15. The Morgan fingerprint density at radius 2 is 1.70 bits per heavy atom. The second-order valence-electron chi connectivity index (χ2n) is 7.41. The Morgan fingerprint density at radius 1 is 0.967 bits per heavy atom. The molecule has 1 aromatic heterocycles. The fraction of sp³-hybridized carbons (Fsp3) is 0.250. The number of rotatable bonds is 4. The number of pyridine rings is 1. The molecule has 2 heterocycles. The summed E-state index contributed by atoms with van der Waals surface area (Å²) < 4.78 is 39.8. The number of alkyl halides is 3. The van der Waals surface area contributed by atoms with Gasteiger partial charge < -0.3 is 4.90 Å². The Kier molecular flexibility index (Phi) is 5.57. The number of piperidine rings is 1. The zero-order chi connectivity index (χ0) is 21.1. The number of carbonyl (C=O) groups is 1. The van der Waals surface area contributed by atoms with Crippen molar-refractivity contribution in [2.24, 2.45) is 0 Å². The molecule has 0 aliphatic carbocycles. The predicted octanol–water partition coefficient (Wildman–Crippen LogP) is 6.14. The van der Waals surface area contributed by atoms with Crippen LogP contribution in [0.1, 0.15) is 40.9 Å². The van der Waals surface area contributed by atoms with Crippen molar-refractivity contribution < 1.29 is 18.0 Å². The third-order valence-corrected chi connectivity index (χ3v) is 5.29. The summed E-state index contributed by atoms with van der Waals surface area (Å²) in [6, 6.07) is 14.3. The van der Waals surface area contributed by atoms with E-state index < -0.39 is 11.7 Å². The van der Waals surface area contributed by atoms with Crippen LogP contribution in [-0.4, -0.2) is 23.9 Å². The quantitative estimate of drug-likeness (QED) is 0.383. The molecule has 1 aliphatic rings. The first kappa shape index (κ1) is 20.1. The highest BCUT2D eigenvalue weighted by molar-refractivity contribution is 6.07. The summed E-state index contributed by atoms with van der Waals surface area (Å²) in [5.74, 6) is -0.149. The molecule has 3 nitrogen and oxygen atoms in total. The molecule has 0 bridgehead atoms. The highest BCUT2D eigenvalue weighted by atomic mass is 19.4. The van der Waals surface area contributed by atoms with Crippen LogP contribution in [0.4, 0.5) is 18.9 Å². The first-order valence-electron chi connectivity index (χ1n) is 9.96. The van der Waals surface area contributed by atoms with Crippen molar-refractivity contribution in [2.75, 3.05) is 18.0 Å². The molecular weight excluding hydrogens is 389 g/mol. The molecule has 1 fully saturated rings. The van der Waals surface area contributed by atoms with Gasteiger partial charge in [0.15, 0.2) is 5.78 Å². The smallest absolute Gasteiger partial charge is 0.371 e. The molecule has 6 heteroatoms. The maximum absolute atomic E-state index is 13.3. The SMILES string of the molecule is O=C(C=Cc1cc(N2CCCCC2)c2cc(C(F)(F)F)ccc2n1)c1ccccc1. The number of halogens is 3. The average molecular weight is 410 g/mol. The van der Waals surface area contributed by atoms with E-state index in [0.717, 1.165) is 44.1 Å². The molecule has 0 saturated carbocycles. The molecule has 0 unspecified atom stereocenters. The van der Waals surface area contributed by atoms with Crippen molar-refractivity contribution >= 4 is 28.4 Å². The molecule has 0 amide bonds. The zero-order valence-electron chi connectivity index (χ0n) is 16.3. The lowest BCUT2D eigenvalue weighted by molar-refractivity contribution is -0.137. The number of fused-ring (bicyclic) bond motifs is 1. The van der Waals surface area contributed by atoms with Gasteiger partial charge in [0.25, 0.3) is 0 Å². The summed E-state index contributed by atoms with van der Waals surface area (Å²) in [6.07, 6.45) is 1.79. The zero-order valence-corrected chi connectivity index (χ0v) is 16.3. The van der Waals surface area contributed by atoms with Crippen LogP contribution in [0, 0.1) is 0 Å². The first-order valence-corrected chi connectivity index (χ1v) is 9.96. The van der Waals surface area contributed by atoms with Gasteiger partial charge in [-0.05, 0) is 55.7 Å². The van der Waals surface area contributed by atoms with Gasteiger partial charge >= 0.3 is 6.18 Å². The second kappa shape index (κ2) is 8.30. The third kappa shape index (κ3) is 4.37. The van der Waals surface area contributed by atoms with Gasteiger partial charge in [-0.1, -0.05) is 30.3 Å². The predicted molar refractivity (Wildman–Crippen MR) is 113 cm³/mol. The van der Waals surface area contributed by atoms with Gasteiger partial charge in [0.1, 0.15) is 0 Å². The van der Waals surface area contributed by atoms with Crippen molar-refractivity contribution in [3.8, 4) is 0 Å². The van der Waals surface area contributed by atoms with Gasteiger partial charge in [0.2, 0.25) is 0 Å². The number of nitrogens with zero attached hydrogens (tertiary/aromatic N) is 2. The van der Waals surface area contributed by atoms with Gasteiger partial charge in [-0.3, -0.25) is 4.79 Å². The van der Waals surface area contributed by atoms with E-state index >= 15 is 0 Å². The van der Waals surface area contributed by atoms with Crippen LogP contribution >= 0.6 is 0 Å². The number of benzene rings is 2. The Morgan fingerprint density at radius 3 is 2.40 bits per heavy atom. The highest BCUT2D eigenvalue weighted by Crippen LogP contribution is 2.35. The number of hydrogen-bond acceptors (Lipinski definition) is 3. The Balaban J connectivity index is 1.75. The summed E-state index contributed by atoms with van der Waals surface area (Å²) in [7, 11) is 0. The molecule has 0 radical (unpaired) electrons. The van der Waals surface area contributed by atoms with E-state index in [2.05, 4.69) is 9.88 Å². The normalized spacial score (nSPS) is 15.1. The van der Waals surface area contributed by atoms with E-state index in [1.165, 1.54) is 18.2 Å². The number of hydrogen-bond donors (Lipinski definition) is 0. The molecule has 2 aromatic carbocycles. The molecule has 154 valence electrons. The van der Waals surface area contributed by atoms with E-state index in [1.807, 2.05) is 6.07 Å². The van der Waals surface area contributed by atoms with Crippen molar-refractivity contribution in [2.45, 2.75) is 25.4 Å². The molecule has 4 rings (SSSR count). The van der Waals surface area contributed by atoms with Crippen LogP contribution in [0.5, 0.6) is 0 Å².